The second-order valence-electron chi connectivity index (χ2n) is 15.6. The lowest BCUT2D eigenvalue weighted by atomic mass is 9.51. The van der Waals surface area contributed by atoms with E-state index in [1.165, 1.54) is 35.2 Å². The average Bonchev–Trinajstić information content (AvgIpc) is 3.84. The van der Waals surface area contributed by atoms with Crippen LogP contribution in [0, 0.1) is 36.0 Å². The van der Waals surface area contributed by atoms with Crippen LogP contribution in [0.5, 0.6) is 5.75 Å². The van der Waals surface area contributed by atoms with Crippen molar-refractivity contribution in [2.24, 2.45) is 36.1 Å². The number of rotatable bonds is 5. The number of phenolic OH excluding ortho intramolecular Hbond substituents is 1. The zero-order chi connectivity index (χ0) is 42.2. The van der Waals surface area contributed by atoms with Crippen LogP contribution in [-0.2, 0) is 32.4 Å². The highest BCUT2D eigenvalue weighted by Gasteiger charge is 2.68. The van der Waals surface area contributed by atoms with Gasteiger partial charge in [-0.05, 0) is 91.6 Å². The Bertz CT molecular complexity index is 2740. The number of alkyl halides is 3. The molecule has 5 heterocycles. The second kappa shape index (κ2) is 13.5. The van der Waals surface area contributed by atoms with Crippen molar-refractivity contribution in [2.75, 3.05) is 17.0 Å². The van der Waals surface area contributed by atoms with Crippen molar-refractivity contribution in [1.82, 2.24) is 19.8 Å². The standard InChI is InChI=1S/C41H32Cl3F3N6O5S/c1-17-23-13-18(42)5-11-29(23)59-34(17)28-16-31(50(3)49-28)52-37(56)25-15-24-20(33(40(25,2)39(52)58)21-7-6-19(54)14-27(21)44)8-9-22-32(24)38(57)53(36(22)55)51(4)35-26(43)10-12-30(48-35)41(45,46)47/h5-8,10-14,16,22,24-25,32-33,54H,9,15H2,1-4H3. The van der Waals surface area contributed by atoms with E-state index in [0.717, 1.165) is 41.5 Å². The van der Waals surface area contributed by atoms with Crippen LogP contribution >= 0.6 is 46.1 Å². The molecule has 3 aromatic heterocycles. The maximum absolute atomic E-state index is 15.1. The number of fused-ring (bicyclic) bond motifs is 5. The smallest absolute Gasteiger partial charge is 0.433 e. The molecule has 2 aromatic carbocycles. The van der Waals surface area contributed by atoms with Crippen molar-refractivity contribution in [3.8, 4) is 16.3 Å². The first kappa shape index (κ1) is 39.5. The predicted molar refractivity (Wildman–Crippen MR) is 216 cm³/mol. The minimum atomic E-state index is -4.83. The number of phenols is 1. The van der Waals surface area contributed by atoms with Gasteiger partial charge < -0.3 is 5.11 Å². The topological polar surface area (TPSA) is 129 Å². The van der Waals surface area contributed by atoms with Crippen molar-refractivity contribution in [3.05, 3.63) is 98.1 Å². The Morgan fingerprint density at radius 2 is 1.69 bits per heavy atom. The molecule has 1 saturated carbocycles. The van der Waals surface area contributed by atoms with Gasteiger partial charge in [0.2, 0.25) is 11.8 Å². The molecule has 2 saturated heterocycles. The number of imide groups is 2. The van der Waals surface area contributed by atoms with Gasteiger partial charge in [-0.1, -0.05) is 52.5 Å². The molecule has 11 nitrogen and oxygen atoms in total. The average molecular weight is 884 g/mol. The van der Waals surface area contributed by atoms with Gasteiger partial charge in [0.25, 0.3) is 11.8 Å². The van der Waals surface area contributed by atoms with Crippen LogP contribution in [-0.4, -0.2) is 55.6 Å². The van der Waals surface area contributed by atoms with Gasteiger partial charge in [-0.2, -0.15) is 23.3 Å². The summed E-state index contributed by atoms with van der Waals surface area (Å²) in [4.78, 5) is 64.4. The lowest BCUT2D eigenvalue weighted by molar-refractivity contribution is -0.141. The second-order valence-corrected chi connectivity index (χ2v) is 17.9. The predicted octanol–water partition coefficient (Wildman–Crippen LogP) is 8.97. The van der Waals surface area contributed by atoms with Crippen LogP contribution in [0.15, 0.2) is 66.2 Å². The minimum absolute atomic E-state index is 0.00317. The molecule has 9 rings (SSSR count). The fourth-order valence-electron chi connectivity index (χ4n) is 9.73. The van der Waals surface area contributed by atoms with Gasteiger partial charge in [0.1, 0.15) is 23.0 Å². The molecule has 3 fully saturated rings. The summed E-state index contributed by atoms with van der Waals surface area (Å²) in [7, 11) is 2.88. The highest BCUT2D eigenvalue weighted by atomic mass is 35.5. The zero-order valence-corrected chi connectivity index (χ0v) is 34.6. The molecule has 0 bridgehead atoms. The largest absolute Gasteiger partial charge is 0.508 e. The molecule has 18 heteroatoms. The molecule has 0 radical (unpaired) electrons. The number of pyridine rings is 1. The molecule has 0 spiro atoms. The molecule has 4 aliphatic rings. The van der Waals surface area contributed by atoms with Crippen LogP contribution in [0.25, 0.3) is 20.7 Å². The number of hydrazine groups is 1. The molecule has 59 heavy (non-hydrogen) atoms. The Hall–Kier alpha value is -4.96. The van der Waals surface area contributed by atoms with Gasteiger partial charge in [-0.3, -0.25) is 28.9 Å². The van der Waals surface area contributed by atoms with E-state index < -0.39 is 76.3 Å². The van der Waals surface area contributed by atoms with Crippen molar-refractivity contribution in [3.63, 3.8) is 0 Å². The van der Waals surface area contributed by atoms with Crippen molar-refractivity contribution >= 4 is 91.5 Å². The van der Waals surface area contributed by atoms with Gasteiger partial charge in [0.15, 0.2) is 5.82 Å². The summed E-state index contributed by atoms with van der Waals surface area (Å²) in [6.07, 6.45) is -2.96. The fourth-order valence-corrected chi connectivity index (χ4v) is 11.6. The normalized spacial score (nSPS) is 25.5. The summed E-state index contributed by atoms with van der Waals surface area (Å²) in [6.45, 7) is 3.66. The summed E-state index contributed by atoms with van der Waals surface area (Å²) >= 11 is 20.9. The summed E-state index contributed by atoms with van der Waals surface area (Å²) < 4.78 is 43.5. The number of halogens is 6. The minimum Gasteiger partial charge on any atom is -0.508 e. The number of aryl methyl sites for hydroxylation is 2. The van der Waals surface area contributed by atoms with E-state index >= 15 is 4.79 Å². The van der Waals surface area contributed by atoms with Gasteiger partial charge in [-0.25, -0.2) is 9.88 Å². The van der Waals surface area contributed by atoms with Gasteiger partial charge in [0, 0.05) is 40.8 Å². The van der Waals surface area contributed by atoms with Crippen LogP contribution in [0.1, 0.15) is 42.5 Å². The molecule has 6 unspecified atom stereocenters. The first-order valence-corrected chi connectivity index (χ1v) is 20.4. The quantitative estimate of drug-likeness (QED) is 0.137. The SMILES string of the molecule is Cc1c(-c2cc(N3C(=O)C4CC5C(=CCC6C(=O)N(N(C)c7nc(C(F)(F)F)ccc7Cl)C(=O)C65)C(c5ccc(O)cc5Cl)C4(C)C3=O)n(C)n2)sc2ccc(Cl)cc12. The molecule has 4 amide bonds. The molecule has 2 aliphatic heterocycles. The van der Waals surface area contributed by atoms with Crippen LogP contribution < -0.4 is 9.91 Å². The van der Waals surface area contributed by atoms with Crippen LogP contribution in [0.3, 0.4) is 0 Å². The fraction of sp³-hybridized carbons (Fsp3) is 0.317. The Morgan fingerprint density at radius 3 is 2.41 bits per heavy atom. The first-order valence-electron chi connectivity index (χ1n) is 18.5. The third-order valence-electron chi connectivity index (χ3n) is 12.5. The molecular weight excluding hydrogens is 852 g/mol. The number of aromatic nitrogens is 3. The van der Waals surface area contributed by atoms with E-state index in [2.05, 4.69) is 4.98 Å². The summed E-state index contributed by atoms with van der Waals surface area (Å²) in [5.74, 6) is -7.44. The lowest BCUT2D eigenvalue weighted by Crippen LogP contribution is -2.49. The number of aromatic hydroxyl groups is 1. The maximum Gasteiger partial charge on any atom is 0.433 e. The van der Waals surface area contributed by atoms with Crippen molar-refractivity contribution in [1.29, 1.82) is 0 Å². The summed E-state index contributed by atoms with van der Waals surface area (Å²) in [6, 6.07) is 13.3. The summed E-state index contributed by atoms with van der Waals surface area (Å²) in [5.41, 5.74) is -0.185. The number of carbonyl (C=O) groups is 4. The highest BCUT2D eigenvalue weighted by Crippen LogP contribution is 2.64. The summed E-state index contributed by atoms with van der Waals surface area (Å²) in [5, 5.41) is 18.2. The van der Waals surface area contributed by atoms with E-state index in [-0.39, 0.29) is 34.5 Å². The van der Waals surface area contributed by atoms with Crippen LogP contribution in [0.2, 0.25) is 15.1 Å². The van der Waals surface area contributed by atoms with E-state index in [0.29, 0.717) is 27.9 Å². The number of allylic oxidation sites excluding steroid dienone is 2. The number of hydrogen-bond donors (Lipinski definition) is 1. The van der Waals surface area contributed by atoms with E-state index in [4.69, 9.17) is 39.9 Å². The van der Waals surface area contributed by atoms with Crippen molar-refractivity contribution in [2.45, 2.75) is 38.8 Å². The Balaban J connectivity index is 1.13. The van der Waals surface area contributed by atoms with E-state index in [1.807, 2.05) is 25.1 Å². The monoisotopic (exact) mass is 882 g/mol. The zero-order valence-electron chi connectivity index (χ0n) is 31.5. The third-order valence-corrected chi connectivity index (χ3v) is 14.6. The first-order chi connectivity index (χ1) is 27.8. The van der Waals surface area contributed by atoms with Gasteiger partial charge in [0.05, 0.1) is 33.1 Å². The number of nitrogens with zero attached hydrogens (tertiary/aromatic N) is 6. The number of benzene rings is 2. The molecular formula is C41H32Cl3F3N6O5S. The van der Waals surface area contributed by atoms with Crippen LogP contribution in [0.4, 0.5) is 24.8 Å². The number of hydrogen-bond acceptors (Lipinski definition) is 9. The van der Waals surface area contributed by atoms with Gasteiger partial charge >= 0.3 is 6.18 Å². The van der Waals surface area contributed by atoms with E-state index in [9.17, 15) is 32.7 Å². The maximum atomic E-state index is 15.1. The van der Waals surface area contributed by atoms with Crippen molar-refractivity contribution < 1.29 is 37.5 Å². The number of carbonyl (C=O) groups excluding carboxylic acids is 4. The molecule has 2 aliphatic carbocycles. The molecule has 5 aromatic rings. The van der Waals surface area contributed by atoms with Gasteiger partial charge in [-0.15, -0.1) is 11.3 Å². The molecule has 6 atom stereocenters. The number of amides is 4. The number of thiophene rings is 1. The third kappa shape index (κ3) is 5.75. The molecule has 1 N–H and O–H groups in total. The Labute approximate surface area is 353 Å². The van der Waals surface area contributed by atoms with E-state index in [1.54, 1.807) is 32.2 Å². The lowest BCUT2D eigenvalue weighted by Gasteiger charge is -2.49. The number of anilines is 2. The Morgan fingerprint density at radius 1 is 0.949 bits per heavy atom. The Kier molecular flexibility index (Phi) is 9.06. The highest BCUT2D eigenvalue weighted by molar-refractivity contribution is 7.22. The molecule has 304 valence electrons.